The first-order chi connectivity index (χ1) is 17.0. The maximum atomic E-state index is 12.8. The molecule has 1 aromatic carbocycles. The van der Waals surface area contributed by atoms with Gasteiger partial charge in [-0.25, -0.2) is 15.0 Å². The third-order valence-electron chi connectivity index (χ3n) is 5.21. The fourth-order valence-corrected chi connectivity index (χ4v) is 3.41. The number of aliphatic carboxylic acids is 1. The van der Waals surface area contributed by atoms with Crippen LogP contribution < -0.4 is 10.6 Å². The Balaban J connectivity index is 1.70. The molecule has 0 aliphatic heterocycles. The van der Waals surface area contributed by atoms with Gasteiger partial charge in [0.2, 0.25) is 0 Å². The average molecular weight is 502 g/mol. The van der Waals surface area contributed by atoms with Crippen LogP contribution in [0.1, 0.15) is 54.3 Å². The van der Waals surface area contributed by atoms with Gasteiger partial charge in [0, 0.05) is 30.1 Å². The van der Waals surface area contributed by atoms with Crippen molar-refractivity contribution in [3.63, 3.8) is 0 Å². The number of carboxylic acids is 1. The summed E-state index contributed by atoms with van der Waals surface area (Å²) in [5.41, 5.74) is 1.35. The highest BCUT2D eigenvalue weighted by atomic mass is 19.4. The number of nitrogens with one attached hydrogen (secondary N) is 2. The fourth-order valence-electron chi connectivity index (χ4n) is 3.41. The third-order valence-corrected chi connectivity index (χ3v) is 5.21. The van der Waals surface area contributed by atoms with Crippen molar-refractivity contribution in [3.05, 3.63) is 71.8 Å². The van der Waals surface area contributed by atoms with Gasteiger partial charge in [0.25, 0.3) is 5.91 Å². The van der Waals surface area contributed by atoms with Crippen LogP contribution >= 0.6 is 0 Å². The second-order valence-corrected chi connectivity index (χ2v) is 8.57. The van der Waals surface area contributed by atoms with E-state index in [9.17, 15) is 22.8 Å². The standard InChI is InChI=1S/C25H26F3N5O3/c1-15(2)11-21(33-19-7-8-20(30-14-19)24(36)29-10-9-22(34)35)17-12-31-23(32-13-17)16-3-5-18(6-4-16)25(26,27)28/h3-8,12-15,21,33H,9-11H2,1-2H3,(H,29,36)(H,34,35)/t21-/m0/s1. The largest absolute Gasteiger partial charge is 0.481 e. The van der Waals surface area contributed by atoms with E-state index in [2.05, 4.69) is 39.4 Å². The van der Waals surface area contributed by atoms with Crippen LogP contribution in [0.5, 0.6) is 0 Å². The number of amides is 1. The lowest BCUT2D eigenvalue weighted by Crippen LogP contribution is -2.26. The number of nitrogens with zero attached hydrogens (tertiary/aromatic N) is 3. The third kappa shape index (κ3) is 7.49. The zero-order valence-electron chi connectivity index (χ0n) is 19.7. The van der Waals surface area contributed by atoms with Gasteiger partial charge in [-0.3, -0.25) is 9.59 Å². The Kier molecular flexibility index (Phi) is 8.57. The molecule has 11 heteroatoms. The van der Waals surface area contributed by atoms with Crippen LogP contribution in [0.25, 0.3) is 11.4 Å². The lowest BCUT2D eigenvalue weighted by Gasteiger charge is -2.22. The predicted molar refractivity (Wildman–Crippen MR) is 127 cm³/mol. The van der Waals surface area contributed by atoms with E-state index < -0.39 is 23.6 Å². The number of hydrogen-bond donors (Lipinski definition) is 3. The van der Waals surface area contributed by atoms with Gasteiger partial charge in [0.1, 0.15) is 5.69 Å². The SMILES string of the molecule is CC(C)C[C@H](Nc1ccc(C(=O)NCCC(=O)O)nc1)c1cnc(-c2ccc(C(F)(F)F)cc2)nc1. The molecule has 0 fully saturated rings. The molecule has 1 amide bonds. The summed E-state index contributed by atoms with van der Waals surface area (Å²) < 4.78 is 38.4. The van der Waals surface area contributed by atoms with E-state index in [1.807, 2.05) is 0 Å². The van der Waals surface area contributed by atoms with Crippen molar-refractivity contribution in [2.24, 2.45) is 5.92 Å². The summed E-state index contributed by atoms with van der Waals surface area (Å²) in [4.78, 5) is 35.5. The van der Waals surface area contributed by atoms with E-state index in [0.717, 1.165) is 24.1 Å². The first-order valence-corrected chi connectivity index (χ1v) is 11.2. The zero-order valence-corrected chi connectivity index (χ0v) is 19.7. The number of halogens is 3. The van der Waals surface area contributed by atoms with Crippen molar-refractivity contribution >= 4 is 17.6 Å². The van der Waals surface area contributed by atoms with Crippen molar-refractivity contribution in [2.45, 2.75) is 38.9 Å². The molecular weight excluding hydrogens is 475 g/mol. The molecule has 3 N–H and O–H groups in total. The zero-order chi connectivity index (χ0) is 26.3. The highest BCUT2D eigenvalue weighted by molar-refractivity contribution is 5.92. The number of hydrogen-bond acceptors (Lipinski definition) is 6. The van der Waals surface area contributed by atoms with Crippen molar-refractivity contribution in [1.82, 2.24) is 20.3 Å². The summed E-state index contributed by atoms with van der Waals surface area (Å²) in [6, 6.07) is 7.74. The Morgan fingerprint density at radius 1 is 0.972 bits per heavy atom. The highest BCUT2D eigenvalue weighted by Gasteiger charge is 2.30. The summed E-state index contributed by atoms with van der Waals surface area (Å²) in [5, 5.41) is 14.5. The van der Waals surface area contributed by atoms with Gasteiger partial charge in [0.05, 0.1) is 29.9 Å². The number of aromatic nitrogens is 3. The molecule has 2 aromatic heterocycles. The molecule has 1 atom stereocenters. The summed E-state index contributed by atoms with van der Waals surface area (Å²) in [5.74, 6) is -0.829. The smallest absolute Gasteiger partial charge is 0.416 e. The van der Waals surface area contributed by atoms with E-state index in [1.165, 1.54) is 24.4 Å². The number of pyridine rings is 1. The summed E-state index contributed by atoms with van der Waals surface area (Å²) in [6.07, 6.45) is 0.935. The molecule has 2 heterocycles. The normalized spacial score (nSPS) is 12.3. The molecule has 0 spiro atoms. The van der Waals surface area contributed by atoms with E-state index in [4.69, 9.17) is 5.11 Å². The number of benzene rings is 1. The van der Waals surface area contributed by atoms with Crippen LogP contribution in [0, 0.1) is 5.92 Å². The van der Waals surface area contributed by atoms with E-state index in [-0.39, 0.29) is 24.7 Å². The van der Waals surface area contributed by atoms with Crippen LogP contribution in [0.3, 0.4) is 0 Å². The van der Waals surface area contributed by atoms with Gasteiger partial charge in [-0.15, -0.1) is 0 Å². The Bertz CT molecular complexity index is 1170. The second-order valence-electron chi connectivity index (χ2n) is 8.57. The molecule has 0 bridgehead atoms. The molecular formula is C25H26F3N5O3. The van der Waals surface area contributed by atoms with Crippen LogP contribution in [0.2, 0.25) is 0 Å². The molecule has 0 unspecified atom stereocenters. The molecule has 0 saturated carbocycles. The van der Waals surface area contributed by atoms with Crippen molar-refractivity contribution < 1.29 is 27.9 Å². The van der Waals surface area contributed by atoms with Gasteiger partial charge >= 0.3 is 12.1 Å². The molecule has 8 nitrogen and oxygen atoms in total. The fraction of sp³-hybridized carbons (Fsp3) is 0.320. The summed E-state index contributed by atoms with van der Waals surface area (Å²) in [6.45, 7) is 4.14. The Hall–Kier alpha value is -4.02. The second kappa shape index (κ2) is 11.6. The number of alkyl halides is 3. The maximum absolute atomic E-state index is 12.8. The van der Waals surface area contributed by atoms with Gasteiger partial charge in [-0.1, -0.05) is 26.0 Å². The van der Waals surface area contributed by atoms with E-state index in [0.29, 0.717) is 23.0 Å². The predicted octanol–water partition coefficient (Wildman–Crippen LogP) is 4.96. The number of carboxylic acid groups (broad SMARTS) is 1. The van der Waals surface area contributed by atoms with Crippen LogP contribution in [-0.2, 0) is 11.0 Å². The molecule has 0 saturated heterocycles. The Labute approximate surface area is 206 Å². The minimum absolute atomic E-state index is 0.00871. The van der Waals surface area contributed by atoms with Gasteiger partial charge in [-0.05, 0) is 36.6 Å². The Morgan fingerprint density at radius 2 is 1.64 bits per heavy atom. The average Bonchev–Trinajstić information content (AvgIpc) is 2.83. The van der Waals surface area contributed by atoms with Crippen molar-refractivity contribution in [2.75, 3.05) is 11.9 Å². The first kappa shape index (κ1) is 26.6. The van der Waals surface area contributed by atoms with Crippen LogP contribution in [-0.4, -0.2) is 38.5 Å². The van der Waals surface area contributed by atoms with Crippen molar-refractivity contribution in [3.8, 4) is 11.4 Å². The molecule has 0 aliphatic rings. The van der Waals surface area contributed by atoms with Crippen molar-refractivity contribution in [1.29, 1.82) is 0 Å². The van der Waals surface area contributed by atoms with Gasteiger partial charge in [-0.2, -0.15) is 13.2 Å². The summed E-state index contributed by atoms with van der Waals surface area (Å²) in [7, 11) is 0. The topological polar surface area (TPSA) is 117 Å². The number of carbonyl (C=O) groups excluding carboxylic acids is 1. The van der Waals surface area contributed by atoms with Crippen LogP contribution in [0.15, 0.2) is 55.0 Å². The van der Waals surface area contributed by atoms with Gasteiger partial charge in [0.15, 0.2) is 5.82 Å². The Morgan fingerprint density at radius 3 is 2.17 bits per heavy atom. The minimum atomic E-state index is -4.41. The molecule has 36 heavy (non-hydrogen) atoms. The molecule has 0 radical (unpaired) electrons. The monoisotopic (exact) mass is 501 g/mol. The summed E-state index contributed by atoms with van der Waals surface area (Å²) >= 11 is 0. The quantitative estimate of drug-likeness (QED) is 0.359. The van der Waals surface area contributed by atoms with E-state index >= 15 is 0 Å². The first-order valence-electron chi connectivity index (χ1n) is 11.2. The highest BCUT2D eigenvalue weighted by Crippen LogP contribution is 2.31. The van der Waals surface area contributed by atoms with Crippen LogP contribution in [0.4, 0.5) is 18.9 Å². The lowest BCUT2D eigenvalue weighted by molar-refractivity contribution is -0.138. The number of rotatable bonds is 10. The van der Waals surface area contributed by atoms with Gasteiger partial charge < -0.3 is 15.7 Å². The lowest BCUT2D eigenvalue weighted by atomic mass is 9.98. The number of anilines is 1. The van der Waals surface area contributed by atoms with E-state index in [1.54, 1.807) is 18.5 Å². The molecule has 3 rings (SSSR count). The molecule has 190 valence electrons. The molecule has 3 aromatic rings. The number of carbonyl (C=O) groups is 2. The minimum Gasteiger partial charge on any atom is -0.481 e. The maximum Gasteiger partial charge on any atom is 0.416 e. The molecule has 0 aliphatic carbocycles.